The molecule has 0 saturated heterocycles. The third kappa shape index (κ3) is 3.27. The van der Waals surface area contributed by atoms with Crippen molar-refractivity contribution in [2.24, 2.45) is 0 Å². The first-order valence-electron chi connectivity index (χ1n) is 8.28. The summed E-state index contributed by atoms with van der Waals surface area (Å²) >= 11 is 9.33. The predicted molar refractivity (Wildman–Crippen MR) is 105 cm³/mol. The molecule has 5 nitrogen and oxygen atoms in total. The Morgan fingerprint density at radius 3 is 2.81 bits per heavy atom. The van der Waals surface area contributed by atoms with E-state index in [4.69, 9.17) is 11.6 Å². The smallest absolute Gasteiger partial charge is 0.274 e. The maximum absolute atomic E-state index is 12.9. The molecular weight excluding hydrogens is 416 g/mol. The van der Waals surface area contributed by atoms with E-state index in [2.05, 4.69) is 39.0 Å². The van der Waals surface area contributed by atoms with Crippen molar-refractivity contribution in [3.05, 3.63) is 69.6 Å². The molecule has 1 aliphatic rings. The normalized spacial score (nSPS) is 17.4. The van der Waals surface area contributed by atoms with Crippen molar-refractivity contribution in [1.29, 1.82) is 0 Å². The second-order valence-corrected chi connectivity index (χ2v) is 7.70. The molecule has 0 saturated carbocycles. The Bertz CT molecular complexity index is 1010. The first-order chi connectivity index (χ1) is 12.5. The summed E-state index contributed by atoms with van der Waals surface area (Å²) in [6.45, 7) is 2.62. The van der Waals surface area contributed by atoms with Gasteiger partial charge in [-0.2, -0.15) is 5.10 Å². The molecule has 1 aliphatic heterocycles. The number of hydrogen-bond donors (Lipinski definition) is 0. The van der Waals surface area contributed by atoms with Gasteiger partial charge in [-0.3, -0.25) is 4.79 Å². The number of benzene rings is 1. The largest absolute Gasteiger partial charge is 0.330 e. The number of fused-ring (bicyclic) bond motifs is 1. The van der Waals surface area contributed by atoms with Gasteiger partial charge in [0.1, 0.15) is 0 Å². The van der Waals surface area contributed by atoms with Crippen LogP contribution in [-0.4, -0.2) is 38.0 Å². The molecule has 1 unspecified atom stereocenters. The van der Waals surface area contributed by atoms with Crippen LogP contribution < -0.4 is 0 Å². The number of nitrogens with zero attached hydrogens (tertiary/aromatic N) is 4. The number of carbonyl (C=O) groups is 1. The van der Waals surface area contributed by atoms with Crippen LogP contribution in [-0.2, 0) is 0 Å². The first kappa shape index (κ1) is 17.2. The maximum atomic E-state index is 12.9. The molecule has 1 aromatic carbocycles. The SMILES string of the molecule is CC1CC(c2ccc(Cl)cc2)=CCN1C(=O)c1cc2ncc(Br)cn2n1. The van der Waals surface area contributed by atoms with Gasteiger partial charge in [0.15, 0.2) is 11.3 Å². The highest BCUT2D eigenvalue weighted by atomic mass is 79.9. The summed E-state index contributed by atoms with van der Waals surface area (Å²) in [6, 6.07) is 9.62. The summed E-state index contributed by atoms with van der Waals surface area (Å²) in [6.07, 6.45) is 6.38. The minimum Gasteiger partial charge on any atom is -0.330 e. The van der Waals surface area contributed by atoms with Crippen LogP contribution in [0, 0.1) is 0 Å². The number of hydrogen-bond acceptors (Lipinski definition) is 3. The maximum Gasteiger partial charge on any atom is 0.274 e. The van der Waals surface area contributed by atoms with Gasteiger partial charge in [0.25, 0.3) is 5.91 Å². The van der Waals surface area contributed by atoms with Crippen LogP contribution in [0.2, 0.25) is 5.02 Å². The van der Waals surface area contributed by atoms with Crippen LogP contribution >= 0.6 is 27.5 Å². The van der Waals surface area contributed by atoms with Gasteiger partial charge in [0.05, 0.1) is 4.47 Å². The predicted octanol–water partition coefficient (Wildman–Crippen LogP) is 4.46. The number of halogens is 2. The van der Waals surface area contributed by atoms with Crippen molar-refractivity contribution in [2.75, 3.05) is 6.54 Å². The fourth-order valence-corrected chi connectivity index (χ4v) is 3.61. The topological polar surface area (TPSA) is 50.5 Å². The minimum absolute atomic E-state index is 0.0782. The summed E-state index contributed by atoms with van der Waals surface area (Å²) in [5.41, 5.74) is 3.44. The fourth-order valence-electron chi connectivity index (χ4n) is 3.19. The second kappa shape index (κ2) is 6.85. The zero-order valence-electron chi connectivity index (χ0n) is 14.1. The molecule has 0 bridgehead atoms. The molecule has 0 N–H and O–H groups in total. The summed E-state index contributed by atoms with van der Waals surface area (Å²) < 4.78 is 2.43. The molecule has 3 heterocycles. The summed E-state index contributed by atoms with van der Waals surface area (Å²) in [5, 5.41) is 5.09. The molecule has 3 aromatic rings. The Hall–Kier alpha value is -2.18. The number of rotatable bonds is 2. The van der Waals surface area contributed by atoms with Gasteiger partial charge in [-0.05, 0) is 52.5 Å². The van der Waals surface area contributed by atoms with Crippen molar-refractivity contribution < 1.29 is 4.79 Å². The molecule has 0 spiro atoms. The van der Waals surface area contributed by atoms with Gasteiger partial charge in [-0.1, -0.05) is 29.8 Å². The van der Waals surface area contributed by atoms with Gasteiger partial charge in [0.2, 0.25) is 0 Å². The monoisotopic (exact) mass is 430 g/mol. The molecule has 26 heavy (non-hydrogen) atoms. The Morgan fingerprint density at radius 2 is 2.08 bits per heavy atom. The van der Waals surface area contributed by atoms with E-state index in [1.165, 1.54) is 5.57 Å². The van der Waals surface area contributed by atoms with Gasteiger partial charge in [-0.25, -0.2) is 9.50 Å². The molecule has 0 radical (unpaired) electrons. The lowest BCUT2D eigenvalue weighted by molar-refractivity contribution is 0.0705. The Labute approximate surface area is 164 Å². The molecule has 0 fully saturated rings. The third-order valence-electron chi connectivity index (χ3n) is 4.56. The number of aromatic nitrogens is 3. The van der Waals surface area contributed by atoms with Crippen LogP contribution in [0.1, 0.15) is 29.4 Å². The van der Waals surface area contributed by atoms with Crippen molar-refractivity contribution in [1.82, 2.24) is 19.5 Å². The molecule has 4 rings (SSSR count). The third-order valence-corrected chi connectivity index (χ3v) is 5.22. The van der Waals surface area contributed by atoms with E-state index in [0.717, 1.165) is 21.5 Å². The zero-order valence-corrected chi connectivity index (χ0v) is 16.4. The molecule has 0 aliphatic carbocycles. The number of carbonyl (C=O) groups excluding carboxylic acids is 1. The van der Waals surface area contributed by atoms with Gasteiger partial charge in [0, 0.05) is 36.1 Å². The van der Waals surface area contributed by atoms with E-state index in [1.54, 1.807) is 23.0 Å². The van der Waals surface area contributed by atoms with Crippen molar-refractivity contribution in [3.8, 4) is 0 Å². The first-order valence-corrected chi connectivity index (χ1v) is 9.45. The van der Waals surface area contributed by atoms with Crippen LogP contribution in [0.4, 0.5) is 0 Å². The lowest BCUT2D eigenvalue weighted by atomic mass is 9.94. The average molecular weight is 432 g/mol. The molecular formula is C19H16BrClN4O. The summed E-state index contributed by atoms with van der Waals surface area (Å²) in [7, 11) is 0. The second-order valence-electron chi connectivity index (χ2n) is 6.35. The molecule has 132 valence electrons. The standard InChI is InChI=1S/C19H16BrClN4O/c1-12-8-14(13-2-4-16(21)5-3-13)6-7-24(12)19(26)17-9-18-22-10-15(20)11-25(18)23-17/h2-6,9-12H,7-8H2,1H3. The van der Waals surface area contributed by atoms with Crippen molar-refractivity contribution >= 4 is 44.7 Å². The van der Waals surface area contributed by atoms with E-state index >= 15 is 0 Å². The molecule has 7 heteroatoms. The van der Waals surface area contributed by atoms with E-state index in [1.807, 2.05) is 29.2 Å². The highest BCUT2D eigenvalue weighted by molar-refractivity contribution is 9.10. The van der Waals surface area contributed by atoms with E-state index in [0.29, 0.717) is 17.9 Å². The molecule has 2 aromatic heterocycles. The van der Waals surface area contributed by atoms with Crippen LogP contribution in [0.15, 0.2) is 53.3 Å². The van der Waals surface area contributed by atoms with E-state index < -0.39 is 0 Å². The highest BCUT2D eigenvalue weighted by Gasteiger charge is 2.27. The van der Waals surface area contributed by atoms with Crippen molar-refractivity contribution in [2.45, 2.75) is 19.4 Å². The van der Waals surface area contributed by atoms with Crippen molar-refractivity contribution in [3.63, 3.8) is 0 Å². The highest BCUT2D eigenvalue weighted by Crippen LogP contribution is 2.28. The summed E-state index contributed by atoms with van der Waals surface area (Å²) in [5.74, 6) is -0.0782. The quantitative estimate of drug-likeness (QED) is 0.602. The lowest BCUT2D eigenvalue weighted by Crippen LogP contribution is -2.41. The molecule has 1 amide bonds. The van der Waals surface area contributed by atoms with Crippen LogP contribution in [0.3, 0.4) is 0 Å². The fraction of sp³-hybridized carbons (Fsp3) is 0.211. The Balaban J connectivity index is 1.57. The molecule has 1 atom stereocenters. The zero-order chi connectivity index (χ0) is 18.3. The van der Waals surface area contributed by atoms with Crippen LogP contribution in [0.25, 0.3) is 11.2 Å². The van der Waals surface area contributed by atoms with E-state index in [9.17, 15) is 4.79 Å². The summed E-state index contributed by atoms with van der Waals surface area (Å²) in [4.78, 5) is 19.0. The number of amides is 1. The van der Waals surface area contributed by atoms with E-state index in [-0.39, 0.29) is 11.9 Å². The lowest BCUT2D eigenvalue weighted by Gasteiger charge is -2.32. The van der Waals surface area contributed by atoms with Crippen LogP contribution in [0.5, 0.6) is 0 Å². The Kier molecular flexibility index (Phi) is 4.54. The minimum atomic E-state index is -0.0782. The van der Waals surface area contributed by atoms with Gasteiger partial charge in [-0.15, -0.1) is 0 Å². The van der Waals surface area contributed by atoms with Gasteiger partial charge >= 0.3 is 0 Å². The average Bonchev–Trinajstić information content (AvgIpc) is 3.05. The Morgan fingerprint density at radius 1 is 1.31 bits per heavy atom. The van der Waals surface area contributed by atoms with Gasteiger partial charge < -0.3 is 4.90 Å².